The molecule has 3 rings (SSSR count). The molecule has 0 N–H and O–H groups in total. The number of carbonyl (C=O) groups excluding carboxylic acids is 1. The molecule has 2 saturated heterocycles. The fraction of sp³-hybridized carbons (Fsp3) is 0.632. The minimum absolute atomic E-state index is 0.0224. The summed E-state index contributed by atoms with van der Waals surface area (Å²) in [4.78, 5) is 18.6. The summed E-state index contributed by atoms with van der Waals surface area (Å²) in [7, 11) is 4.03. The highest BCUT2D eigenvalue weighted by atomic mass is 35.5. The molecule has 2 fully saturated rings. The molecule has 0 aliphatic carbocycles. The van der Waals surface area contributed by atoms with Gasteiger partial charge in [-0.3, -0.25) is 14.6 Å². The maximum atomic E-state index is 14.5. The number of hydrogen-bond donors (Lipinski definition) is 0. The van der Waals surface area contributed by atoms with Crippen LogP contribution in [-0.2, 0) is 11.3 Å². The second kappa shape index (κ2) is 7.22. The lowest BCUT2D eigenvalue weighted by Gasteiger charge is -2.49. The van der Waals surface area contributed by atoms with Gasteiger partial charge in [0.1, 0.15) is 5.82 Å². The number of likely N-dealkylation sites (N-methyl/N-ethyl adjacent to an activating group) is 1. The lowest BCUT2D eigenvalue weighted by atomic mass is 9.86. The number of halogens is 2. The number of rotatable bonds is 2. The van der Waals surface area contributed by atoms with Crippen LogP contribution in [0.15, 0.2) is 12.1 Å². The van der Waals surface area contributed by atoms with Crippen molar-refractivity contribution < 1.29 is 9.18 Å². The Bertz CT molecular complexity index is 668. The molecule has 1 atom stereocenters. The molecule has 0 bridgehead atoms. The molecule has 4 nitrogen and oxygen atoms in total. The zero-order valence-electron chi connectivity index (χ0n) is 15.3. The Hall–Kier alpha value is -1.17. The summed E-state index contributed by atoms with van der Waals surface area (Å²) < 4.78 is 14.5. The van der Waals surface area contributed by atoms with Gasteiger partial charge in [0.15, 0.2) is 0 Å². The molecule has 1 amide bonds. The van der Waals surface area contributed by atoms with Crippen LogP contribution >= 0.6 is 11.6 Å². The standard InChI is InChI=1S/C19H27ClFN3O/c1-14-4-5-16(20)15(18(14)21)12-24-11-10-23(3)19(13-24)7-6-17(25)22(2)9-8-19/h4-5H,6-13H2,1-3H3/t19-/m1/s1. The van der Waals surface area contributed by atoms with Crippen molar-refractivity contribution in [3.8, 4) is 0 Å². The summed E-state index contributed by atoms with van der Waals surface area (Å²) in [5.74, 6) is 0.0198. The fourth-order valence-corrected chi connectivity index (χ4v) is 4.26. The first-order chi connectivity index (χ1) is 11.8. The van der Waals surface area contributed by atoms with Gasteiger partial charge in [-0.15, -0.1) is 0 Å². The van der Waals surface area contributed by atoms with Gasteiger partial charge < -0.3 is 4.90 Å². The van der Waals surface area contributed by atoms with Gasteiger partial charge in [-0.1, -0.05) is 17.7 Å². The lowest BCUT2D eigenvalue weighted by molar-refractivity contribution is -0.129. The van der Waals surface area contributed by atoms with Gasteiger partial charge in [-0.2, -0.15) is 0 Å². The zero-order valence-corrected chi connectivity index (χ0v) is 16.1. The van der Waals surface area contributed by atoms with E-state index in [2.05, 4.69) is 16.8 Å². The molecular weight excluding hydrogens is 341 g/mol. The second-order valence-corrected chi connectivity index (χ2v) is 7.99. The number of hydrogen-bond acceptors (Lipinski definition) is 3. The van der Waals surface area contributed by atoms with Gasteiger partial charge in [0, 0.05) is 62.3 Å². The molecule has 2 aliphatic heterocycles. The first-order valence-electron chi connectivity index (χ1n) is 8.93. The average Bonchev–Trinajstić information content (AvgIpc) is 2.73. The van der Waals surface area contributed by atoms with Gasteiger partial charge in [-0.05, 0) is 38.4 Å². The minimum Gasteiger partial charge on any atom is -0.346 e. The minimum atomic E-state index is -0.198. The van der Waals surface area contributed by atoms with E-state index in [0.29, 0.717) is 29.1 Å². The second-order valence-electron chi connectivity index (χ2n) is 7.58. The molecule has 0 unspecified atom stereocenters. The Kier molecular flexibility index (Phi) is 5.37. The number of likely N-dealkylation sites (tertiary alicyclic amines) is 1. The highest BCUT2D eigenvalue weighted by Gasteiger charge is 2.41. The molecule has 25 heavy (non-hydrogen) atoms. The van der Waals surface area contributed by atoms with Crippen LogP contribution in [0.25, 0.3) is 0 Å². The van der Waals surface area contributed by atoms with Crippen LogP contribution in [0.4, 0.5) is 4.39 Å². The first-order valence-corrected chi connectivity index (χ1v) is 9.31. The van der Waals surface area contributed by atoms with Crippen molar-refractivity contribution in [3.05, 3.63) is 34.1 Å². The third kappa shape index (κ3) is 3.69. The summed E-state index contributed by atoms with van der Waals surface area (Å²) >= 11 is 6.26. The predicted octanol–water partition coefficient (Wildman–Crippen LogP) is 2.92. The van der Waals surface area contributed by atoms with Crippen molar-refractivity contribution in [1.29, 1.82) is 0 Å². The van der Waals surface area contributed by atoms with E-state index in [0.717, 1.165) is 39.0 Å². The Morgan fingerprint density at radius 1 is 1.20 bits per heavy atom. The number of piperazine rings is 1. The maximum Gasteiger partial charge on any atom is 0.222 e. The number of amides is 1. The van der Waals surface area contributed by atoms with Gasteiger partial charge in [-0.25, -0.2) is 4.39 Å². The molecule has 0 aromatic heterocycles. The van der Waals surface area contributed by atoms with E-state index >= 15 is 0 Å². The van der Waals surface area contributed by atoms with Crippen molar-refractivity contribution in [1.82, 2.24) is 14.7 Å². The van der Waals surface area contributed by atoms with E-state index < -0.39 is 0 Å². The van der Waals surface area contributed by atoms with E-state index in [1.54, 1.807) is 19.1 Å². The van der Waals surface area contributed by atoms with Crippen LogP contribution in [0.1, 0.15) is 30.4 Å². The number of aryl methyl sites for hydroxylation is 1. The van der Waals surface area contributed by atoms with Crippen LogP contribution < -0.4 is 0 Å². The summed E-state index contributed by atoms with van der Waals surface area (Å²) in [5.41, 5.74) is 1.19. The molecule has 6 heteroatoms. The smallest absolute Gasteiger partial charge is 0.222 e. The lowest BCUT2D eigenvalue weighted by Crippen LogP contribution is -2.60. The predicted molar refractivity (Wildman–Crippen MR) is 98.3 cm³/mol. The Labute approximate surface area is 154 Å². The van der Waals surface area contributed by atoms with Crippen molar-refractivity contribution in [2.24, 2.45) is 0 Å². The number of benzene rings is 1. The van der Waals surface area contributed by atoms with E-state index in [4.69, 9.17) is 11.6 Å². The fourth-order valence-electron chi connectivity index (χ4n) is 4.06. The number of carbonyl (C=O) groups is 1. The van der Waals surface area contributed by atoms with Gasteiger partial charge in [0.05, 0.1) is 0 Å². The first kappa shape index (κ1) is 18.6. The largest absolute Gasteiger partial charge is 0.346 e. The Morgan fingerprint density at radius 3 is 2.72 bits per heavy atom. The number of nitrogens with zero attached hydrogens (tertiary/aromatic N) is 3. The van der Waals surface area contributed by atoms with E-state index in [1.807, 2.05) is 11.9 Å². The summed E-state index contributed by atoms with van der Waals surface area (Å²) in [5, 5.41) is 0.492. The molecule has 1 aromatic rings. The summed E-state index contributed by atoms with van der Waals surface area (Å²) in [6.45, 7) is 5.71. The maximum absolute atomic E-state index is 14.5. The van der Waals surface area contributed by atoms with Crippen molar-refractivity contribution >= 4 is 17.5 Å². The normalized spacial score (nSPS) is 26.3. The summed E-state index contributed by atoms with van der Waals surface area (Å²) in [6, 6.07) is 3.50. The van der Waals surface area contributed by atoms with Crippen LogP contribution in [0.2, 0.25) is 5.02 Å². The van der Waals surface area contributed by atoms with E-state index in [-0.39, 0.29) is 17.3 Å². The van der Waals surface area contributed by atoms with E-state index in [1.165, 1.54) is 0 Å². The molecule has 138 valence electrons. The van der Waals surface area contributed by atoms with Gasteiger partial charge in [0.2, 0.25) is 5.91 Å². The molecular formula is C19H27ClFN3O. The van der Waals surface area contributed by atoms with Crippen molar-refractivity contribution in [3.63, 3.8) is 0 Å². The Balaban J connectivity index is 1.79. The van der Waals surface area contributed by atoms with Crippen molar-refractivity contribution in [2.45, 2.75) is 38.3 Å². The van der Waals surface area contributed by atoms with Gasteiger partial charge >= 0.3 is 0 Å². The van der Waals surface area contributed by atoms with Crippen LogP contribution in [0.3, 0.4) is 0 Å². The Morgan fingerprint density at radius 2 is 1.96 bits per heavy atom. The SMILES string of the molecule is Cc1ccc(Cl)c(CN2CCN(C)[C@@]3(CCC(=O)N(C)CC3)C2)c1F. The molecule has 1 spiro atoms. The molecule has 2 aliphatic rings. The topological polar surface area (TPSA) is 26.8 Å². The molecule has 1 aromatic carbocycles. The third-order valence-electron chi connectivity index (χ3n) is 5.98. The van der Waals surface area contributed by atoms with Crippen LogP contribution in [0, 0.1) is 12.7 Å². The quantitative estimate of drug-likeness (QED) is 0.804. The molecule has 0 radical (unpaired) electrons. The highest BCUT2D eigenvalue weighted by molar-refractivity contribution is 6.31. The third-order valence-corrected chi connectivity index (χ3v) is 6.34. The van der Waals surface area contributed by atoms with E-state index in [9.17, 15) is 9.18 Å². The van der Waals surface area contributed by atoms with Crippen LogP contribution in [0.5, 0.6) is 0 Å². The van der Waals surface area contributed by atoms with Gasteiger partial charge in [0.25, 0.3) is 0 Å². The van der Waals surface area contributed by atoms with Crippen molar-refractivity contribution in [2.75, 3.05) is 40.3 Å². The molecule has 0 saturated carbocycles. The van der Waals surface area contributed by atoms with Crippen LogP contribution in [-0.4, -0.2) is 66.4 Å². The zero-order chi connectivity index (χ0) is 18.2. The summed E-state index contributed by atoms with van der Waals surface area (Å²) in [6.07, 6.45) is 2.38. The monoisotopic (exact) mass is 367 g/mol. The molecule has 2 heterocycles. The average molecular weight is 368 g/mol. The highest BCUT2D eigenvalue weighted by Crippen LogP contribution is 2.33.